The van der Waals surface area contributed by atoms with E-state index in [-0.39, 0.29) is 17.6 Å². The van der Waals surface area contributed by atoms with Gasteiger partial charge in [-0.2, -0.15) is 0 Å². The lowest BCUT2D eigenvalue weighted by Crippen LogP contribution is -2.35. The van der Waals surface area contributed by atoms with E-state index in [1.54, 1.807) is 0 Å². The quantitative estimate of drug-likeness (QED) is 0.710. The zero-order valence-electron chi connectivity index (χ0n) is 12.6. The minimum atomic E-state index is -0.620. The third-order valence-corrected chi connectivity index (χ3v) is 3.26. The van der Waals surface area contributed by atoms with Crippen molar-refractivity contribution in [2.75, 3.05) is 24.2 Å². The number of hydrogen-bond donors (Lipinski definition) is 3. The van der Waals surface area contributed by atoms with Gasteiger partial charge >= 0.3 is 5.69 Å². The number of hydrogen-bond acceptors (Lipinski definition) is 6. The first-order valence-corrected chi connectivity index (χ1v) is 7.02. The Kier molecular flexibility index (Phi) is 4.38. The number of aromatic nitrogens is 2. The van der Waals surface area contributed by atoms with Gasteiger partial charge in [-0.05, 0) is 20.3 Å². The highest BCUT2D eigenvalue weighted by Gasteiger charge is 2.32. The van der Waals surface area contributed by atoms with Crippen LogP contribution in [0.1, 0.15) is 27.2 Å². The summed E-state index contributed by atoms with van der Waals surface area (Å²) in [6.07, 6.45) is 0.564. The van der Waals surface area contributed by atoms with Crippen molar-refractivity contribution in [3.05, 3.63) is 20.8 Å². The maximum atomic E-state index is 11.9. The molecule has 0 aromatic carbocycles. The monoisotopic (exact) mass is 298 g/mol. The molecule has 118 valence electrons. The minimum Gasteiger partial charge on any atom is -0.383 e. The molecule has 1 unspecified atom stereocenters. The fourth-order valence-corrected chi connectivity index (χ4v) is 2.28. The van der Waals surface area contributed by atoms with Gasteiger partial charge in [0, 0.05) is 13.1 Å². The molecule has 0 saturated carbocycles. The van der Waals surface area contributed by atoms with Gasteiger partial charge in [0.2, 0.25) is 0 Å². The summed E-state index contributed by atoms with van der Waals surface area (Å²) in [4.78, 5) is 25.8. The maximum absolute atomic E-state index is 11.9. The molecule has 8 heteroatoms. The van der Waals surface area contributed by atoms with E-state index < -0.39 is 17.0 Å². The van der Waals surface area contributed by atoms with Crippen molar-refractivity contribution < 1.29 is 9.47 Å². The predicted octanol–water partition coefficient (Wildman–Crippen LogP) is 0.0922. The molecule has 1 saturated heterocycles. The molecule has 1 fully saturated rings. The van der Waals surface area contributed by atoms with Crippen LogP contribution in [0.15, 0.2) is 9.59 Å². The van der Waals surface area contributed by atoms with Crippen molar-refractivity contribution in [3.8, 4) is 0 Å². The molecular formula is C13H22N4O4. The fraction of sp³-hybridized carbons (Fsp3) is 0.692. The molecule has 2 heterocycles. The summed E-state index contributed by atoms with van der Waals surface area (Å²) >= 11 is 0. The Morgan fingerprint density at radius 1 is 1.48 bits per heavy atom. The van der Waals surface area contributed by atoms with Crippen LogP contribution in [-0.4, -0.2) is 34.6 Å². The molecule has 1 aromatic rings. The van der Waals surface area contributed by atoms with E-state index in [0.717, 1.165) is 6.42 Å². The van der Waals surface area contributed by atoms with E-state index in [9.17, 15) is 9.59 Å². The Hall–Kier alpha value is -1.80. The molecule has 21 heavy (non-hydrogen) atoms. The number of H-pyrrole nitrogens is 1. The van der Waals surface area contributed by atoms with E-state index in [0.29, 0.717) is 19.7 Å². The second-order valence-corrected chi connectivity index (χ2v) is 5.50. The molecule has 1 aromatic heterocycles. The number of anilines is 2. The molecule has 4 N–H and O–H groups in total. The molecule has 1 atom stereocenters. The van der Waals surface area contributed by atoms with Crippen LogP contribution < -0.4 is 22.3 Å². The highest BCUT2D eigenvalue weighted by molar-refractivity contribution is 5.60. The van der Waals surface area contributed by atoms with Crippen LogP contribution in [0.4, 0.5) is 11.5 Å². The molecule has 0 radical (unpaired) electrons. The van der Waals surface area contributed by atoms with Crippen molar-refractivity contribution in [2.24, 2.45) is 0 Å². The fourth-order valence-electron chi connectivity index (χ4n) is 2.28. The number of ether oxygens (including phenoxy) is 2. The minimum absolute atomic E-state index is 0.142. The summed E-state index contributed by atoms with van der Waals surface area (Å²) in [6, 6.07) is 0. The SMILES string of the molecule is CCCn1c(N)c(NCC2COC(C)(C)O2)c(=O)[nH]c1=O. The van der Waals surface area contributed by atoms with Crippen LogP contribution in [0.2, 0.25) is 0 Å². The number of nitrogen functional groups attached to an aromatic ring is 1. The summed E-state index contributed by atoms with van der Waals surface area (Å²) < 4.78 is 12.4. The topological polar surface area (TPSA) is 111 Å². The molecule has 1 aliphatic heterocycles. The molecule has 0 aliphatic carbocycles. The van der Waals surface area contributed by atoms with Crippen LogP contribution in [0.25, 0.3) is 0 Å². The zero-order chi connectivity index (χ0) is 15.6. The van der Waals surface area contributed by atoms with Crippen molar-refractivity contribution in [3.63, 3.8) is 0 Å². The molecule has 8 nitrogen and oxygen atoms in total. The number of aromatic amines is 1. The van der Waals surface area contributed by atoms with Gasteiger partial charge in [0.05, 0.1) is 6.61 Å². The lowest BCUT2D eigenvalue weighted by Gasteiger charge is -2.18. The van der Waals surface area contributed by atoms with E-state index in [2.05, 4.69) is 10.3 Å². The van der Waals surface area contributed by atoms with Gasteiger partial charge in [0.25, 0.3) is 5.56 Å². The smallest absolute Gasteiger partial charge is 0.330 e. The second-order valence-electron chi connectivity index (χ2n) is 5.50. The molecule has 1 aliphatic rings. The van der Waals surface area contributed by atoms with Crippen molar-refractivity contribution in [1.82, 2.24) is 9.55 Å². The Labute approximate surface area is 122 Å². The van der Waals surface area contributed by atoms with Gasteiger partial charge in [-0.1, -0.05) is 6.92 Å². The van der Waals surface area contributed by atoms with E-state index in [4.69, 9.17) is 15.2 Å². The molecule has 0 spiro atoms. The average molecular weight is 298 g/mol. The van der Waals surface area contributed by atoms with Gasteiger partial charge in [-0.25, -0.2) is 4.79 Å². The highest BCUT2D eigenvalue weighted by atomic mass is 16.7. The number of nitrogens with one attached hydrogen (secondary N) is 2. The third kappa shape index (κ3) is 3.45. The first kappa shape index (κ1) is 15.6. The van der Waals surface area contributed by atoms with Gasteiger partial charge < -0.3 is 20.5 Å². The first-order valence-electron chi connectivity index (χ1n) is 7.02. The lowest BCUT2D eigenvalue weighted by molar-refractivity contribution is -0.136. The summed E-state index contributed by atoms with van der Waals surface area (Å²) in [6.45, 7) is 6.85. The maximum Gasteiger partial charge on any atom is 0.330 e. The van der Waals surface area contributed by atoms with E-state index in [1.165, 1.54) is 4.57 Å². The van der Waals surface area contributed by atoms with E-state index in [1.807, 2.05) is 20.8 Å². The van der Waals surface area contributed by atoms with Crippen LogP contribution in [-0.2, 0) is 16.0 Å². The summed E-state index contributed by atoms with van der Waals surface area (Å²) in [5.41, 5.74) is 5.09. The molecule has 0 bridgehead atoms. The van der Waals surface area contributed by atoms with Crippen molar-refractivity contribution in [1.29, 1.82) is 0 Å². The van der Waals surface area contributed by atoms with Gasteiger partial charge in [0.15, 0.2) is 5.79 Å². The van der Waals surface area contributed by atoms with Crippen LogP contribution in [0.5, 0.6) is 0 Å². The predicted molar refractivity (Wildman–Crippen MR) is 79.4 cm³/mol. The Bertz CT molecular complexity index is 620. The molecular weight excluding hydrogens is 276 g/mol. The normalized spacial score (nSPS) is 20.6. The second kappa shape index (κ2) is 5.90. The standard InChI is InChI=1S/C13H22N4O4/c1-4-5-17-10(14)9(11(18)16-12(17)19)15-6-8-7-20-13(2,3)21-8/h8,15H,4-7,14H2,1-3H3,(H,16,18,19). The van der Waals surface area contributed by atoms with Crippen molar-refractivity contribution >= 4 is 11.5 Å². The number of nitrogens with zero attached hydrogens (tertiary/aromatic N) is 1. The first-order chi connectivity index (χ1) is 9.84. The van der Waals surface area contributed by atoms with Gasteiger partial charge in [-0.3, -0.25) is 14.3 Å². The summed E-state index contributed by atoms with van der Waals surface area (Å²) in [5.74, 6) is -0.477. The molecule has 2 rings (SSSR count). The van der Waals surface area contributed by atoms with Crippen molar-refractivity contribution in [2.45, 2.75) is 45.6 Å². The largest absolute Gasteiger partial charge is 0.383 e. The van der Waals surface area contributed by atoms with Crippen LogP contribution >= 0.6 is 0 Å². The lowest BCUT2D eigenvalue weighted by atomic mass is 10.3. The molecule has 0 amide bonds. The zero-order valence-corrected chi connectivity index (χ0v) is 12.6. The highest BCUT2D eigenvalue weighted by Crippen LogP contribution is 2.22. The van der Waals surface area contributed by atoms with Gasteiger partial charge in [0.1, 0.15) is 17.6 Å². The van der Waals surface area contributed by atoms with Crippen LogP contribution in [0.3, 0.4) is 0 Å². The Morgan fingerprint density at radius 3 is 2.76 bits per heavy atom. The number of rotatable bonds is 5. The Morgan fingerprint density at radius 2 is 2.19 bits per heavy atom. The summed E-state index contributed by atoms with van der Waals surface area (Å²) in [7, 11) is 0. The van der Waals surface area contributed by atoms with Gasteiger partial charge in [-0.15, -0.1) is 0 Å². The average Bonchev–Trinajstić information content (AvgIpc) is 2.74. The van der Waals surface area contributed by atoms with Crippen LogP contribution in [0, 0.1) is 0 Å². The number of nitrogens with two attached hydrogens (primary N) is 1. The Balaban J connectivity index is 2.15. The summed E-state index contributed by atoms with van der Waals surface area (Å²) in [5, 5.41) is 2.95. The third-order valence-electron chi connectivity index (χ3n) is 3.26. The van der Waals surface area contributed by atoms with E-state index >= 15 is 0 Å².